The van der Waals surface area contributed by atoms with E-state index in [1.807, 2.05) is 30.3 Å². The summed E-state index contributed by atoms with van der Waals surface area (Å²) in [6.07, 6.45) is 2.53. The summed E-state index contributed by atoms with van der Waals surface area (Å²) < 4.78 is 23.8. The lowest BCUT2D eigenvalue weighted by atomic mass is 10.1. The summed E-state index contributed by atoms with van der Waals surface area (Å²) in [6.45, 7) is 0.366. The maximum Gasteiger partial charge on any atom is 0.410 e. The first kappa shape index (κ1) is 15.1. The van der Waals surface area contributed by atoms with Crippen LogP contribution in [0, 0.1) is 10.1 Å². The molecule has 0 bridgehead atoms. The molecule has 0 unspecified atom stereocenters. The molecule has 9 heteroatoms. The third-order valence-electron chi connectivity index (χ3n) is 2.88. The van der Waals surface area contributed by atoms with E-state index in [0.29, 0.717) is 13.0 Å². The van der Waals surface area contributed by atoms with Gasteiger partial charge in [0.2, 0.25) is 14.9 Å². The number of hydrogen-bond donors (Lipinski definition) is 1. The summed E-state index contributed by atoms with van der Waals surface area (Å²) >= 11 is 0. The molecule has 1 heterocycles. The Morgan fingerprint density at radius 3 is 2.48 bits per heavy atom. The van der Waals surface area contributed by atoms with Crippen LogP contribution in [-0.2, 0) is 23.0 Å². The van der Waals surface area contributed by atoms with Crippen LogP contribution in [0.15, 0.2) is 41.4 Å². The first-order chi connectivity index (χ1) is 9.88. The molecule has 8 nitrogen and oxygen atoms in total. The van der Waals surface area contributed by atoms with Crippen LogP contribution >= 0.6 is 0 Å². The molecule has 0 spiro atoms. The van der Waals surface area contributed by atoms with Gasteiger partial charge in [-0.15, -0.1) is 0 Å². The number of hydrogen-bond acceptors (Lipinski definition) is 5. The largest absolute Gasteiger partial charge is 0.410 e. The second-order valence-electron chi connectivity index (χ2n) is 4.47. The van der Waals surface area contributed by atoms with Crippen LogP contribution in [-0.4, -0.2) is 23.1 Å². The average Bonchev–Trinajstić information content (AvgIpc) is 2.84. The molecule has 0 saturated carbocycles. The Kier molecular flexibility index (Phi) is 4.34. The van der Waals surface area contributed by atoms with E-state index in [0.717, 1.165) is 18.2 Å². The van der Waals surface area contributed by atoms with Crippen molar-refractivity contribution >= 4 is 15.8 Å². The third-order valence-corrected chi connectivity index (χ3v) is 3.79. The monoisotopic (exact) mass is 310 g/mol. The van der Waals surface area contributed by atoms with Crippen molar-refractivity contribution in [2.24, 2.45) is 5.14 Å². The Morgan fingerprint density at radius 2 is 1.95 bits per heavy atom. The lowest BCUT2D eigenvalue weighted by Gasteiger charge is -1.99. The molecule has 1 aromatic carbocycles. The van der Waals surface area contributed by atoms with E-state index < -0.39 is 25.7 Å². The van der Waals surface area contributed by atoms with Gasteiger partial charge in [0.1, 0.15) is 0 Å². The Balaban J connectivity index is 2.09. The van der Waals surface area contributed by atoms with Crippen molar-refractivity contribution in [2.45, 2.75) is 24.3 Å². The highest BCUT2D eigenvalue weighted by Gasteiger charge is 2.28. The number of sulfonamides is 1. The topological polar surface area (TPSA) is 121 Å². The van der Waals surface area contributed by atoms with Crippen molar-refractivity contribution in [3.8, 4) is 0 Å². The molecule has 112 valence electrons. The smallest absolute Gasteiger partial charge is 0.358 e. The fourth-order valence-electron chi connectivity index (χ4n) is 1.92. The lowest BCUT2D eigenvalue weighted by molar-refractivity contribution is -0.392. The van der Waals surface area contributed by atoms with Gasteiger partial charge in [0.25, 0.3) is 0 Å². The van der Waals surface area contributed by atoms with Crippen molar-refractivity contribution in [2.75, 3.05) is 0 Å². The maximum absolute atomic E-state index is 11.3. The first-order valence-electron chi connectivity index (χ1n) is 6.16. The minimum Gasteiger partial charge on any atom is -0.358 e. The number of nitrogens with zero attached hydrogens (tertiary/aromatic N) is 3. The summed E-state index contributed by atoms with van der Waals surface area (Å²) in [6, 6.07) is 9.71. The van der Waals surface area contributed by atoms with Gasteiger partial charge >= 0.3 is 5.82 Å². The first-order valence-corrected chi connectivity index (χ1v) is 7.71. The second-order valence-corrected chi connectivity index (χ2v) is 6.00. The molecular weight excluding hydrogens is 296 g/mol. The van der Waals surface area contributed by atoms with Gasteiger partial charge in [-0.2, -0.15) is 4.68 Å². The zero-order valence-corrected chi connectivity index (χ0v) is 11.9. The normalized spacial score (nSPS) is 11.5. The van der Waals surface area contributed by atoms with Crippen LogP contribution < -0.4 is 5.14 Å². The molecule has 2 N–H and O–H groups in total. The average molecular weight is 310 g/mol. The number of aromatic nitrogens is 2. The molecular formula is C12H14N4O4S. The fraction of sp³-hybridized carbons (Fsp3) is 0.250. The quantitative estimate of drug-likeness (QED) is 0.632. The van der Waals surface area contributed by atoms with E-state index >= 15 is 0 Å². The molecule has 1 aromatic heterocycles. The Hall–Kier alpha value is -2.26. The molecule has 0 amide bonds. The van der Waals surface area contributed by atoms with Gasteiger partial charge in [0.15, 0.2) is 0 Å². The van der Waals surface area contributed by atoms with Crippen LogP contribution in [0.2, 0.25) is 0 Å². The van der Waals surface area contributed by atoms with Crippen LogP contribution in [0.5, 0.6) is 0 Å². The number of aryl methyl sites for hydroxylation is 2. The van der Waals surface area contributed by atoms with Gasteiger partial charge in [-0.1, -0.05) is 30.3 Å². The third kappa shape index (κ3) is 3.86. The lowest BCUT2D eigenvalue weighted by Crippen LogP contribution is -2.13. The Bertz CT molecular complexity index is 740. The number of benzene rings is 1. The standard InChI is InChI=1S/C12H14N4O4S/c13-21(19,20)11-9-15(14-12(11)16(17)18)8-4-7-10-5-2-1-3-6-10/h1-3,5-6,9H,4,7-8H2,(H2,13,19,20). The molecule has 0 aliphatic carbocycles. The van der Waals surface area contributed by atoms with Crippen LogP contribution in [0.4, 0.5) is 5.82 Å². The van der Waals surface area contributed by atoms with Gasteiger partial charge < -0.3 is 10.1 Å². The van der Waals surface area contributed by atoms with Crippen LogP contribution in [0.25, 0.3) is 0 Å². The highest BCUT2D eigenvalue weighted by atomic mass is 32.2. The summed E-state index contributed by atoms with van der Waals surface area (Å²) in [5, 5.41) is 19.4. The molecule has 2 aromatic rings. The van der Waals surface area contributed by atoms with Crippen molar-refractivity contribution in [1.29, 1.82) is 0 Å². The van der Waals surface area contributed by atoms with E-state index in [1.165, 1.54) is 4.68 Å². The number of rotatable bonds is 6. The van der Waals surface area contributed by atoms with Crippen LogP contribution in [0.1, 0.15) is 12.0 Å². The van der Waals surface area contributed by atoms with Gasteiger partial charge in [0.05, 0.1) is 17.8 Å². The summed E-state index contributed by atoms with van der Waals surface area (Å²) in [5.41, 5.74) is 1.13. The molecule has 2 rings (SSSR count). The van der Waals surface area contributed by atoms with E-state index in [1.54, 1.807) is 0 Å². The number of nitrogens with two attached hydrogens (primary N) is 1. The number of nitro groups is 1. The number of primary sulfonamides is 1. The van der Waals surface area contributed by atoms with E-state index in [4.69, 9.17) is 5.14 Å². The maximum atomic E-state index is 11.3. The minimum atomic E-state index is -4.16. The summed E-state index contributed by atoms with van der Waals surface area (Å²) in [7, 11) is -4.16. The molecule has 0 radical (unpaired) electrons. The highest BCUT2D eigenvalue weighted by Crippen LogP contribution is 2.20. The van der Waals surface area contributed by atoms with Crippen LogP contribution in [0.3, 0.4) is 0 Å². The van der Waals surface area contributed by atoms with E-state index in [9.17, 15) is 18.5 Å². The molecule has 0 aliphatic heterocycles. The molecule has 0 saturated heterocycles. The highest BCUT2D eigenvalue weighted by molar-refractivity contribution is 7.89. The predicted molar refractivity (Wildman–Crippen MR) is 75.0 cm³/mol. The van der Waals surface area contributed by atoms with Crippen molar-refractivity contribution in [1.82, 2.24) is 9.78 Å². The Morgan fingerprint density at radius 1 is 1.29 bits per heavy atom. The molecule has 21 heavy (non-hydrogen) atoms. The van der Waals surface area contributed by atoms with Gasteiger partial charge in [-0.25, -0.2) is 13.6 Å². The minimum absolute atomic E-state index is 0.366. The van der Waals surface area contributed by atoms with Crippen molar-refractivity contribution in [3.63, 3.8) is 0 Å². The predicted octanol–water partition coefficient (Wildman–Crippen LogP) is 1.07. The van der Waals surface area contributed by atoms with Gasteiger partial charge in [-0.05, 0) is 23.3 Å². The van der Waals surface area contributed by atoms with Gasteiger partial charge in [0, 0.05) is 0 Å². The zero-order chi connectivity index (χ0) is 15.5. The fourth-order valence-corrected chi connectivity index (χ4v) is 2.56. The molecule has 0 aliphatic rings. The second kappa shape index (κ2) is 6.02. The molecule has 0 atom stereocenters. The summed E-state index contributed by atoms with van der Waals surface area (Å²) in [5.74, 6) is -0.739. The Labute approximate surface area is 121 Å². The van der Waals surface area contributed by atoms with Crippen molar-refractivity contribution < 1.29 is 13.3 Å². The summed E-state index contributed by atoms with van der Waals surface area (Å²) in [4.78, 5) is 9.37. The van der Waals surface area contributed by atoms with E-state index in [2.05, 4.69) is 5.10 Å². The molecule has 0 fully saturated rings. The zero-order valence-electron chi connectivity index (χ0n) is 11.0. The van der Waals surface area contributed by atoms with Gasteiger partial charge in [-0.3, -0.25) is 0 Å². The SMILES string of the molecule is NS(=O)(=O)c1cn(CCCc2ccccc2)nc1[N+](=O)[O-]. The van der Waals surface area contributed by atoms with Crippen molar-refractivity contribution in [3.05, 3.63) is 52.2 Å². The van der Waals surface area contributed by atoms with E-state index in [-0.39, 0.29) is 0 Å².